The summed E-state index contributed by atoms with van der Waals surface area (Å²) in [6, 6.07) is 18.2. The second kappa shape index (κ2) is 6.81. The third-order valence-electron chi connectivity index (χ3n) is 5.16. The molecule has 4 rings (SSSR count). The van der Waals surface area contributed by atoms with Gasteiger partial charge in [-0.25, -0.2) is 4.99 Å². The number of rotatable bonds is 3. The van der Waals surface area contributed by atoms with Crippen LogP contribution in [0.1, 0.15) is 31.7 Å². The van der Waals surface area contributed by atoms with Crippen molar-refractivity contribution in [2.24, 2.45) is 4.99 Å². The lowest BCUT2D eigenvalue weighted by molar-refractivity contribution is -0.112. The number of hydrogen-bond acceptors (Lipinski definition) is 3. The van der Waals surface area contributed by atoms with Crippen LogP contribution in [0.25, 0.3) is 0 Å². The van der Waals surface area contributed by atoms with Gasteiger partial charge in [0.15, 0.2) is 0 Å². The van der Waals surface area contributed by atoms with Crippen molar-refractivity contribution < 1.29 is 4.79 Å². The van der Waals surface area contributed by atoms with Crippen LogP contribution in [0.2, 0.25) is 0 Å². The largest absolute Gasteiger partial charge is 0.293 e. The van der Waals surface area contributed by atoms with Gasteiger partial charge in [0.25, 0.3) is 5.91 Å². The molecule has 1 unspecified atom stereocenters. The highest BCUT2D eigenvalue weighted by molar-refractivity contribution is 6.54. The third-order valence-corrected chi connectivity index (χ3v) is 5.16. The number of aliphatic imine (C=N–C) groups is 1. The van der Waals surface area contributed by atoms with E-state index in [1.807, 2.05) is 59.5 Å². The van der Waals surface area contributed by atoms with Crippen molar-refractivity contribution in [3.63, 3.8) is 0 Å². The lowest BCUT2D eigenvalue weighted by Crippen LogP contribution is -2.47. The first-order valence-corrected chi connectivity index (χ1v) is 9.03. The van der Waals surface area contributed by atoms with Gasteiger partial charge in [0.2, 0.25) is 0 Å². The summed E-state index contributed by atoms with van der Waals surface area (Å²) in [6.07, 6.45) is 3.69. The van der Waals surface area contributed by atoms with Gasteiger partial charge in [-0.05, 0) is 38.0 Å². The molecule has 0 spiro atoms. The summed E-state index contributed by atoms with van der Waals surface area (Å²) in [4.78, 5) is 22.1. The first-order chi connectivity index (χ1) is 12.2. The van der Waals surface area contributed by atoms with Crippen LogP contribution in [0.4, 0.5) is 11.4 Å². The molecule has 0 radical (unpaired) electrons. The smallest absolute Gasteiger partial charge is 0.278 e. The Labute approximate surface area is 148 Å². The molecule has 128 valence electrons. The quantitative estimate of drug-likeness (QED) is 0.851. The maximum absolute atomic E-state index is 13.1. The number of hydrogen-bond donors (Lipinski definition) is 0. The Kier molecular flexibility index (Phi) is 4.36. The molecule has 1 saturated heterocycles. The van der Waals surface area contributed by atoms with Gasteiger partial charge in [0.05, 0.1) is 18.0 Å². The molecular formula is C21H23N3O. The predicted molar refractivity (Wildman–Crippen MR) is 101 cm³/mol. The van der Waals surface area contributed by atoms with E-state index >= 15 is 0 Å². The minimum Gasteiger partial charge on any atom is -0.293 e. The van der Waals surface area contributed by atoms with Crippen molar-refractivity contribution in [2.75, 3.05) is 18.1 Å². The topological polar surface area (TPSA) is 35.9 Å². The second-order valence-corrected chi connectivity index (χ2v) is 6.84. The summed E-state index contributed by atoms with van der Waals surface area (Å²) < 4.78 is 0. The van der Waals surface area contributed by atoms with Crippen molar-refractivity contribution in [3.8, 4) is 0 Å². The number of fused-ring (bicyclic) bond motifs is 1. The van der Waals surface area contributed by atoms with Crippen molar-refractivity contribution in [1.82, 2.24) is 4.90 Å². The number of para-hydroxylation sites is 2. The molecule has 0 aliphatic carbocycles. The maximum Gasteiger partial charge on any atom is 0.278 e. The zero-order valence-electron chi connectivity index (χ0n) is 14.6. The molecule has 4 heteroatoms. The number of carbonyl (C=O) groups is 1. The molecule has 2 aromatic rings. The van der Waals surface area contributed by atoms with Crippen LogP contribution in [0.3, 0.4) is 0 Å². The van der Waals surface area contributed by atoms with Crippen molar-refractivity contribution in [1.29, 1.82) is 0 Å². The van der Waals surface area contributed by atoms with E-state index in [-0.39, 0.29) is 5.91 Å². The third kappa shape index (κ3) is 3.10. The number of likely N-dealkylation sites (tertiary alicyclic amines) is 1. The van der Waals surface area contributed by atoms with E-state index in [9.17, 15) is 4.79 Å². The van der Waals surface area contributed by atoms with Gasteiger partial charge in [-0.3, -0.25) is 14.6 Å². The number of carbonyl (C=O) groups excluding carboxylic acids is 1. The first kappa shape index (κ1) is 16.0. The van der Waals surface area contributed by atoms with Crippen LogP contribution < -0.4 is 4.90 Å². The Balaban J connectivity index is 1.68. The van der Waals surface area contributed by atoms with Crippen LogP contribution in [0.15, 0.2) is 59.6 Å². The lowest BCUT2D eigenvalue weighted by Gasteiger charge is -2.36. The molecule has 0 saturated carbocycles. The van der Waals surface area contributed by atoms with E-state index in [1.165, 1.54) is 19.3 Å². The number of nitrogens with zero attached hydrogens (tertiary/aromatic N) is 3. The van der Waals surface area contributed by atoms with Gasteiger partial charge in [-0.2, -0.15) is 0 Å². The van der Waals surface area contributed by atoms with Crippen LogP contribution >= 0.6 is 0 Å². The van der Waals surface area contributed by atoms with E-state index in [1.54, 1.807) is 0 Å². The maximum atomic E-state index is 13.1. The summed E-state index contributed by atoms with van der Waals surface area (Å²) in [5.41, 5.74) is 3.27. The number of amides is 1. The highest BCUT2D eigenvalue weighted by atomic mass is 16.2. The summed E-state index contributed by atoms with van der Waals surface area (Å²) in [5.74, 6) is 0.00262. The summed E-state index contributed by atoms with van der Waals surface area (Å²) in [7, 11) is 0. The summed E-state index contributed by atoms with van der Waals surface area (Å²) >= 11 is 0. The fourth-order valence-electron chi connectivity index (χ4n) is 3.69. The highest BCUT2D eigenvalue weighted by Gasteiger charge is 2.35. The average molecular weight is 333 g/mol. The molecular weight excluding hydrogens is 310 g/mol. The van der Waals surface area contributed by atoms with Crippen LogP contribution in [0, 0.1) is 0 Å². The standard InChI is InChI=1S/C21H23N3O/c1-16-9-7-8-14-23(16)15-24-19-13-6-5-12-18(19)20(21(24)25)22-17-10-3-2-4-11-17/h2-6,10-13,16H,7-9,14-15H2,1H3. The second-order valence-electron chi connectivity index (χ2n) is 6.84. The Hall–Kier alpha value is -2.46. The predicted octanol–water partition coefficient (Wildman–Crippen LogP) is 3.99. The Bertz CT molecular complexity index is 800. The van der Waals surface area contributed by atoms with Gasteiger partial charge in [0, 0.05) is 18.2 Å². The van der Waals surface area contributed by atoms with Gasteiger partial charge in [-0.15, -0.1) is 0 Å². The monoisotopic (exact) mass is 333 g/mol. The zero-order chi connectivity index (χ0) is 17.2. The molecule has 4 nitrogen and oxygen atoms in total. The normalized spacial score (nSPS) is 22.4. The van der Waals surface area contributed by atoms with Gasteiger partial charge < -0.3 is 0 Å². The van der Waals surface area contributed by atoms with Gasteiger partial charge in [-0.1, -0.05) is 42.8 Å². The molecule has 1 amide bonds. The van der Waals surface area contributed by atoms with E-state index in [0.29, 0.717) is 18.4 Å². The number of piperidine rings is 1. The van der Waals surface area contributed by atoms with Gasteiger partial charge in [0.1, 0.15) is 5.71 Å². The van der Waals surface area contributed by atoms with Crippen molar-refractivity contribution in [3.05, 3.63) is 60.2 Å². The zero-order valence-corrected chi connectivity index (χ0v) is 14.6. The minimum absolute atomic E-state index is 0.00262. The SMILES string of the molecule is CC1CCCCN1CN1C(=O)C(=Nc2ccccc2)c2ccccc21. The summed E-state index contributed by atoms with van der Waals surface area (Å²) in [6.45, 7) is 3.95. The van der Waals surface area contributed by atoms with E-state index in [2.05, 4.69) is 16.8 Å². The molecule has 0 N–H and O–H groups in total. The highest BCUT2D eigenvalue weighted by Crippen LogP contribution is 2.31. The molecule has 2 heterocycles. The van der Waals surface area contributed by atoms with Crippen LogP contribution in [-0.4, -0.2) is 35.8 Å². The minimum atomic E-state index is 0.00262. The molecule has 0 aromatic heterocycles. The molecule has 25 heavy (non-hydrogen) atoms. The fourth-order valence-corrected chi connectivity index (χ4v) is 3.69. The number of benzene rings is 2. The fraction of sp³-hybridized carbons (Fsp3) is 0.333. The van der Waals surface area contributed by atoms with Crippen LogP contribution in [-0.2, 0) is 4.79 Å². The molecule has 1 fully saturated rings. The first-order valence-electron chi connectivity index (χ1n) is 9.03. The number of anilines is 1. The van der Waals surface area contributed by atoms with Crippen LogP contribution in [0.5, 0.6) is 0 Å². The van der Waals surface area contributed by atoms with E-state index in [4.69, 9.17) is 0 Å². The van der Waals surface area contributed by atoms with Crippen molar-refractivity contribution in [2.45, 2.75) is 32.2 Å². The summed E-state index contributed by atoms with van der Waals surface area (Å²) in [5, 5.41) is 0. The van der Waals surface area contributed by atoms with E-state index < -0.39 is 0 Å². The Morgan fingerprint density at radius 3 is 2.60 bits per heavy atom. The Morgan fingerprint density at radius 2 is 1.80 bits per heavy atom. The lowest BCUT2D eigenvalue weighted by atomic mass is 10.0. The molecule has 2 aliphatic heterocycles. The van der Waals surface area contributed by atoms with Crippen molar-refractivity contribution >= 4 is 23.0 Å². The van der Waals surface area contributed by atoms with E-state index in [0.717, 1.165) is 23.5 Å². The molecule has 1 atom stereocenters. The Morgan fingerprint density at radius 1 is 1.04 bits per heavy atom. The van der Waals surface area contributed by atoms with Gasteiger partial charge >= 0.3 is 0 Å². The molecule has 2 aliphatic rings. The average Bonchev–Trinajstić information content (AvgIpc) is 2.90. The molecule has 2 aromatic carbocycles. The molecule has 0 bridgehead atoms.